The van der Waals surface area contributed by atoms with E-state index in [0.717, 1.165) is 36.3 Å². The van der Waals surface area contributed by atoms with Crippen molar-refractivity contribution in [3.8, 4) is 11.6 Å². The lowest BCUT2D eigenvalue weighted by Gasteiger charge is -2.19. The minimum Gasteiger partial charge on any atom is -0.473 e. The summed E-state index contributed by atoms with van der Waals surface area (Å²) in [4.78, 5) is 28.8. The number of nitrogens with one attached hydrogen (secondary N) is 1. The SMILES string of the molecule is CCOC(=O)Oc1csc(NC(=O)C(Oc2ccc(F)cc2F)c2ccc(S(=O)(=O)C3CCCC3)cc2)n1. The molecule has 1 atom stereocenters. The highest BCUT2D eigenvalue weighted by molar-refractivity contribution is 7.92. The van der Waals surface area contributed by atoms with Gasteiger partial charge in [0.15, 0.2) is 26.5 Å². The van der Waals surface area contributed by atoms with Crippen LogP contribution in [0, 0.1) is 11.6 Å². The van der Waals surface area contributed by atoms with E-state index < -0.39 is 44.9 Å². The van der Waals surface area contributed by atoms with Gasteiger partial charge < -0.3 is 14.2 Å². The van der Waals surface area contributed by atoms with Crippen LogP contribution in [0.25, 0.3) is 0 Å². The van der Waals surface area contributed by atoms with Crippen molar-refractivity contribution in [3.63, 3.8) is 0 Å². The first kappa shape index (κ1) is 27.5. The number of sulfone groups is 1. The standard InChI is InChI=1S/C25H24F2N2O7S2/c1-2-34-25(31)36-21-14-37-24(28-21)29-23(30)22(35-20-12-9-16(26)13-19(20)27)15-7-10-18(11-8-15)38(32,33)17-5-3-4-6-17/h7-14,17,22H,2-6H2,1H3,(H,28,29,30). The van der Waals surface area contributed by atoms with Crippen LogP contribution in [0.15, 0.2) is 52.7 Å². The molecule has 4 rings (SSSR count). The summed E-state index contributed by atoms with van der Waals surface area (Å²) in [5.41, 5.74) is 0.219. The zero-order valence-electron chi connectivity index (χ0n) is 20.2. The summed E-state index contributed by atoms with van der Waals surface area (Å²) in [6.07, 6.45) is 0.470. The molecule has 202 valence electrons. The van der Waals surface area contributed by atoms with Gasteiger partial charge in [-0.3, -0.25) is 10.1 Å². The molecule has 3 aromatic rings. The van der Waals surface area contributed by atoms with E-state index in [4.69, 9.17) is 9.47 Å². The summed E-state index contributed by atoms with van der Waals surface area (Å²) in [6.45, 7) is 1.71. The molecule has 1 heterocycles. The Labute approximate surface area is 221 Å². The van der Waals surface area contributed by atoms with Gasteiger partial charge in [0.1, 0.15) is 5.82 Å². The summed E-state index contributed by atoms with van der Waals surface area (Å²) in [6, 6.07) is 8.20. The normalized spacial score (nSPS) is 14.6. The highest BCUT2D eigenvalue weighted by Gasteiger charge is 2.31. The van der Waals surface area contributed by atoms with Crippen LogP contribution in [0.2, 0.25) is 0 Å². The lowest BCUT2D eigenvalue weighted by molar-refractivity contribution is -0.123. The molecule has 0 aliphatic heterocycles. The van der Waals surface area contributed by atoms with E-state index in [1.807, 2.05) is 0 Å². The molecule has 1 aliphatic rings. The number of halogens is 2. The number of carbonyl (C=O) groups excluding carboxylic acids is 2. The molecule has 13 heteroatoms. The molecule has 1 aliphatic carbocycles. The summed E-state index contributed by atoms with van der Waals surface area (Å²) in [7, 11) is -3.53. The maximum absolute atomic E-state index is 14.4. The molecular formula is C25H24F2N2O7S2. The monoisotopic (exact) mass is 566 g/mol. The van der Waals surface area contributed by atoms with Gasteiger partial charge in [0, 0.05) is 11.6 Å². The number of hydrogen-bond donors (Lipinski definition) is 1. The fraction of sp³-hybridized carbons (Fsp3) is 0.320. The van der Waals surface area contributed by atoms with E-state index in [-0.39, 0.29) is 33.8 Å². The first-order valence-electron chi connectivity index (χ1n) is 11.7. The van der Waals surface area contributed by atoms with Gasteiger partial charge in [-0.2, -0.15) is 4.98 Å². The summed E-state index contributed by atoms with van der Waals surface area (Å²) < 4.78 is 68.8. The Morgan fingerprint density at radius 2 is 1.84 bits per heavy atom. The summed E-state index contributed by atoms with van der Waals surface area (Å²) in [5, 5.41) is 3.46. The predicted molar refractivity (Wildman–Crippen MR) is 134 cm³/mol. The molecule has 1 amide bonds. The Bertz CT molecular complexity index is 1410. The predicted octanol–water partition coefficient (Wildman–Crippen LogP) is 5.43. The van der Waals surface area contributed by atoms with Gasteiger partial charge in [-0.05, 0) is 44.0 Å². The Hall–Kier alpha value is -3.58. The van der Waals surface area contributed by atoms with E-state index in [9.17, 15) is 26.8 Å². The minimum absolute atomic E-state index is 0.0444. The fourth-order valence-electron chi connectivity index (χ4n) is 3.96. The van der Waals surface area contributed by atoms with Gasteiger partial charge in [-0.1, -0.05) is 25.0 Å². The number of ether oxygens (including phenoxy) is 3. The number of anilines is 1. The molecule has 1 fully saturated rings. The van der Waals surface area contributed by atoms with Gasteiger partial charge in [0.2, 0.25) is 12.0 Å². The number of aromatic nitrogens is 1. The molecular weight excluding hydrogens is 542 g/mol. The fourth-order valence-corrected chi connectivity index (χ4v) is 6.43. The van der Waals surface area contributed by atoms with Crippen LogP contribution in [-0.2, 0) is 19.4 Å². The Kier molecular flexibility index (Phi) is 8.57. The van der Waals surface area contributed by atoms with Crippen molar-refractivity contribution < 1.29 is 41.0 Å². The smallest absolute Gasteiger partial charge is 0.473 e. The zero-order chi connectivity index (χ0) is 27.3. The second-order valence-corrected chi connectivity index (χ2v) is 11.4. The van der Waals surface area contributed by atoms with Crippen molar-refractivity contribution in [1.29, 1.82) is 0 Å². The topological polar surface area (TPSA) is 121 Å². The van der Waals surface area contributed by atoms with Gasteiger partial charge in [0.05, 0.1) is 22.1 Å². The van der Waals surface area contributed by atoms with E-state index in [1.165, 1.54) is 29.6 Å². The van der Waals surface area contributed by atoms with Crippen molar-refractivity contribution in [1.82, 2.24) is 4.98 Å². The Morgan fingerprint density at radius 3 is 2.50 bits per heavy atom. The summed E-state index contributed by atoms with van der Waals surface area (Å²) in [5.74, 6) is -3.12. The first-order valence-corrected chi connectivity index (χ1v) is 14.2. The van der Waals surface area contributed by atoms with Gasteiger partial charge in [0.25, 0.3) is 5.91 Å². The molecule has 0 bridgehead atoms. The lowest BCUT2D eigenvalue weighted by atomic mass is 10.1. The van der Waals surface area contributed by atoms with E-state index in [2.05, 4.69) is 15.0 Å². The number of hydrogen-bond acceptors (Lipinski definition) is 9. The van der Waals surface area contributed by atoms with Crippen molar-refractivity contribution in [2.45, 2.75) is 48.9 Å². The maximum Gasteiger partial charge on any atom is 0.515 e. The molecule has 1 unspecified atom stereocenters. The molecule has 2 aromatic carbocycles. The molecule has 0 spiro atoms. The average Bonchev–Trinajstić information content (AvgIpc) is 3.57. The number of amides is 1. The molecule has 0 radical (unpaired) electrons. The highest BCUT2D eigenvalue weighted by Crippen LogP contribution is 2.32. The third kappa shape index (κ3) is 6.45. The van der Waals surface area contributed by atoms with Gasteiger partial charge >= 0.3 is 6.16 Å². The van der Waals surface area contributed by atoms with Crippen molar-refractivity contribution in [2.24, 2.45) is 0 Å². The molecule has 38 heavy (non-hydrogen) atoms. The number of rotatable bonds is 9. The molecule has 0 saturated heterocycles. The van der Waals surface area contributed by atoms with Crippen LogP contribution in [0.3, 0.4) is 0 Å². The third-order valence-corrected chi connectivity index (χ3v) is 8.81. The quantitative estimate of drug-likeness (QED) is 0.340. The lowest BCUT2D eigenvalue weighted by Crippen LogP contribution is -2.26. The van der Waals surface area contributed by atoms with Crippen molar-refractivity contribution >= 4 is 38.4 Å². The number of nitrogens with zero attached hydrogens (tertiary/aromatic N) is 1. The minimum atomic E-state index is -3.53. The molecule has 9 nitrogen and oxygen atoms in total. The molecule has 1 aromatic heterocycles. The van der Waals surface area contributed by atoms with Crippen LogP contribution >= 0.6 is 11.3 Å². The van der Waals surface area contributed by atoms with Crippen LogP contribution in [-0.4, -0.2) is 37.3 Å². The van der Waals surface area contributed by atoms with Crippen molar-refractivity contribution in [2.75, 3.05) is 11.9 Å². The van der Waals surface area contributed by atoms with E-state index >= 15 is 0 Å². The Morgan fingerprint density at radius 1 is 1.13 bits per heavy atom. The second kappa shape index (κ2) is 11.9. The largest absolute Gasteiger partial charge is 0.515 e. The van der Waals surface area contributed by atoms with Crippen LogP contribution in [0.1, 0.15) is 44.3 Å². The number of carbonyl (C=O) groups is 2. The van der Waals surface area contributed by atoms with E-state index in [0.29, 0.717) is 18.9 Å². The van der Waals surface area contributed by atoms with Crippen LogP contribution in [0.5, 0.6) is 11.6 Å². The average molecular weight is 567 g/mol. The Balaban J connectivity index is 1.58. The molecule has 1 saturated carbocycles. The first-order chi connectivity index (χ1) is 18.2. The van der Waals surface area contributed by atoms with Gasteiger partial charge in [-0.15, -0.1) is 11.3 Å². The molecule has 1 N–H and O–H groups in total. The number of thiazole rings is 1. The second-order valence-electron chi connectivity index (χ2n) is 8.36. The van der Waals surface area contributed by atoms with Crippen LogP contribution < -0.4 is 14.8 Å². The van der Waals surface area contributed by atoms with Gasteiger partial charge in [-0.25, -0.2) is 22.0 Å². The van der Waals surface area contributed by atoms with E-state index in [1.54, 1.807) is 6.92 Å². The maximum atomic E-state index is 14.4. The van der Waals surface area contributed by atoms with Crippen molar-refractivity contribution in [3.05, 3.63) is 65.0 Å². The number of benzene rings is 2. The zero-order valence-corrected chi connectivity index (χ0v) is 21.8. The highest BCUT2D eigenvalue weighted by atomic mass is 32.2. The van der Waals surface area contributed by atoms with Crippen LogP contribution in [0.4, 0.5) is 18.7 Å². The third-order valence-electron chi connectivity index (χ3n) is 5.79. The summed E-state index contributed by atoms with van der Waals surface area (Å²) >= 11 is 0.947.